The first-order chi connectivity index (χ1) is 12.1. The van der Waals surface area contributed by atoms with E-state index in [1.54, 1.807) is 18.5 Å². The van der Waals surface area contributed by atoms with Gasteiger partial charge in [0.15, 0.2) is 17.4 Å². The monoisotopic (exact) mass is 452 g/mol. The second-order valence-electron chi connectivity index (χ2n) is 5.15. The predicted octanol–water partition coefficient (Wildman–Crippen LogP) is 2.89. The van der Waals surface area contributed by atoms with Crippen LogP contribution in [0.25, 0.3) is 22.7 Å². The SMILES string of the molecule is COc1cc(-n2c(-c3ccc4ncc(I)n4c3)noc2=O)ccc1F. The van der Waals surface area contributed by atoms with Crippen LogP contribution in [0.2, 0.25) is 0 Å². The number of hydrogen-bond acceptors (Lipinski definition) is 5. The van der Waals surface area contributed by atoms with Crippen molar-refractivity contribution in [1.29, 1.82) is 0 Å². The van der Waals surface area contributed by atoms with Gasteiger partial charge in [0.25, 0.3) is 0 Å². The lowest BCUT2D eigenvalue weighted by molar-refractivity contribution is 0.381. The van der Waals surface area contributed by atoms with Crippen LogP contribution in [0.15, 0.2) is 52.0 Å². The molecular weight excluding hydrogens is 442 g/mol. The van der Waals surface area contributed by atoms with Crippen LogP contribution in [0.4, 0.5) is 4.39 Å². The number of imidazole rings is 1. The Morgan fingerprint density at radius 1 is 1.28 bits per heavy atom. The van der Waals surface area contributed by atoms with Crippen LogP contribution in [0, 0.1) is 9.52 Å². The summed E-state index contributed by atoms with van der Waals surface area (Å²) in [5.74, 6) is -0.878. The average molecular weight is 452 g/mol. The number of fused-ring (bicyclic) bond motifs is 1. The minimum Gasteiger partial charge on any atom is -0.494 e. The summed E-state index contributed by atoms with van der Waals surface area (Å²) in [6.07, 6.45) is 3.54. The molecule has 0 amide bonds. The molecule has 3 heterocycles. The predicted molar refractivity (Wildman–Crippen MR) is 95.5 cm³/mol. The van der Waals surface area contributed by atoms with Crippen molar-refractivity contribution in [2.75, 3.05) is 7.11 Å². The number of benzene rings is 1. The Morgan fingerprint density at radius 2 is 2.12 bits per heavy atom. The van der Waals surface area contributed by atoms with Crippen LogP contribution in [0.3, 0.4) is 0 Å². The number of rotatable bonds is 3. The highest BCUT2D eigenvalue weighted by Gasteiger charge is 2.17. The van der Waals surface area contributed by atoms with Gasteiger partial charge in [0.1, 0.15) is 9.35 Å². The van der Waals surface area contributed by atoms with E-state index in [0.29, 0.717) is 17.1 Å². The second-order valence-corrected chi connectivity index (χ2v) is 6.26. The van der Waals surface area contributed by atoms with E-state index in [4.69, 9.17) is 9.26 Å². The summed E-state index contributed by atoms with van der Waals surface area (Å²) in [5, 5.41) is 3.87. The van der Waals surface area contributed by atoms with Crippen LogP contribution >= 0.6 is 22.6 Å². The lowest BCUT2D eigenvalue weighted by Crippen LogP contribution is -2.13. The van der Waals surface area contributed by atoms with E-state index in [-0.39, 0.29) is 5.75 Å². The third-order valence-electron chi connectivity index (χ3n) is 3.72. The molecule has 3 aromatic heterocycles. The number of hydrogen-bond donors (Lipinski definition) is 0. The normalized spacial score (nSPS) is 11.2. The van der Waals surface area contributed by atoms with E-state index < -0.39 is 11.6 Å². The minimum absolute atomic E-state index is 0.0242. The van der Waals surface area contributed by atoms with Gasteiger partial charge in [0.05, 0.1) is 19.0 Å². The molecule has 0 atom stereocenters. The van der Waals surface area contributed by atoms with E-state index in [1.807, 2.05) is 10.5 Å². The van der Waals surface area contributed by atoms with Crippen molar-refractivity contribution in [3.63, 3.8) is 0 Å². The number of nitrogens with zero attached hydrogens (tertiary/aromatic N) is 4. The van der Waals surface area contributed by atoms with Crippen molar-refractivity contribution < 1.29 is 13.7 Å². The third kappa shape index (κ3) is 2.60. The smallest absolute Gasteiger partial charge is 0.446 e. The van der Waals surface area contributed by atoms with Gasteiger partial charge in [-0.05, 0) is 46.9 Å². The maximum absolute atomic E-state index is 13.7. The van der Waals surface area contributed by atoms with Gasteiger partial charge in [-0.1, -0.05) is 5.16 Å². The summed E-state index contributed by atoms with van der Waals surface area (Å²) in [6, 6.07) is 7.69. The minimum atomic E-state index is -0.677. The molecule has 0 spiro atoms. The highest BCUT2D eigenvalue weighted by molar-refractivity contribution is 14.1. The van der Waals surface area contributed by atoms with E-state index >= 15 is 0 Å². The van der Waals surface area contributed by atoms with Gasteiger partial charge in [-0.3, -0.25) is 8.92 Å². The molecule has 0 aliphatic heterocycles. The first kappa shape index (κ1) is 15.8. The van der Waals surface area contributed by atoms with Crippen LogP contribution in [-0.4, -0.2) is 26.2 Å². The Balaban J connectivity index is 1.92. The molecule has 0 aliphatic rings. The molecule has 126 valence electrons. The molecule has 1 aromatic carbocycles. The number of halogens is 2. The molecule has 7 nitrogen and oxygen atoms in total. The van der Waals surface area contributed by atoms with E-state index in [9.17, 15) is 9.18 Å². The Bertz CT molecular complexity index is 1150. The summed E-state index contributed by atoms with van der Waals surface area (Å²) >= 11 is 2.16. The largest absolute Gasteiger partial charge is 0.494 e. The number of aromatic nitrogens is 4. The van der Waals surface area contributed by atoms with Gasteiger partial charge in [-0.25, -0.2) is 18.7 Å². The highest BCUT2D eigenvalue weighted by atomic mass is 127. The molecule has 0 aliphatic carbocycles. The second kappa shape index (κ2) is 5.99. The standard InChI is InChI=1S/C16H10FIN4O3/c1-24-12-6-10(3-4-11(12)17)22-15(20-25-16(22)23)9-2-5-14-19-7-13(18)21(14)8-9/h2-8H,1H3. The summed E-state index contributed by atoms with van der Waals surface area (Å²) in [4.78, 5) is 16.4. The fourth-order valence-corrected chi connectivity index (χ4v) is 3.06. The number of ether oxygens (including phenoxy) is 1. The lowest BCUT2D eigenvalue weighted by Gasteiger charge is -2.08. The molecule has 0 saturated heterocycles. The van der Waals surface area contributed by atoms with Crippen molar-refractivity contribution in [1.82, 2.24) is 19.1 Å². The topological polar surface area (TPSA) is 74.6 Å². The summed E-state index contributed by atoms with van der Waals surface area (Å²) < 4.78 is 27.5. The fourth-order valence-electron chi connectivity index (χ4n) is 2.53. The van der Waals surface area contributed by atoms with E-state index in [0.717, 1.165) is 9.35 Å². The van der Waals surface area contributed by atoms with Crippen molar-refractivity contribution >= 4 is 28.2 Å². The molecule has 0 saturated carbocycles. The van der Waals surface area contributed by atoms with Crippen molar-refractivity contribution in [3.8, 4) is 22.8 Å². The molecule has 9 heteroatoms. The maximum atomic E-state index is 13.7. The molecule has 4 aromatic rings. The van der Waals surface area contributed by atoms with Crippen molar-refractivity contribution in [2.24, 2.45) is 0 Å². The van der Waals surface area contributed by atoms with E-state index in [1.165, 1.54) is 29.9 Å². The van der Waals surface area contributed by atoms with Gasteiger partial charge < -0.3 is 4.74 Å². The van der Waals surface area contributed by atoms with Gasteiger partial charge in [-0.15, -0.1) is 0 Å². The Labute approximate surface area is 153 Å². The van der Waals surface area contributed by atoms with Crippen molar-refractivity contribution in [2.45, 2.75) is 0 Å². The quantitative estimate of drug-likeness (QED) is 0.447. The molecule has 0 radical (unpaired) electrons. The first-order valence-corrected chi connectivity index (χ1v) is 8.22. The molecule has 0 unspecified atom stereocenters. The molecule has 0 N–H and O–H groups in total. The Kier molecular flexibility index (Phi) is 3.79. The van der Waals surface area contributed by atoms with E-state index in [2.05, 4.69) is 32.7 Å². The summed E-state index contributed by atoms with van der Waals surface area (Å²) in [7, 11) is 1.36. The number of methoxy groups -OCH3 is 1. The van der Waals surface area contributed by atoms with Gasteiger partial charge >= 0.3 is 5.76 Å². The maximum Gasteiger partial charge on any atom is 0.446 e. The highest BCUT2D eigenvalue weighted by Crippen LogP contribution is 2.25. The van der Waals surface area contributed by atoms with Crippen molar-refractivity contribution in [3.05, 3.63) is 62.8 Å². The van der Waals surface area contributed by atoms with Crippen LogP contribution in [-0.2, 0) is 0 Å². The van der Waals surface area contributed by atoms with Gasteiger partial charge in [0, 0.05) is 17.8 Å². The molecule has 0 bridgehead atoms. The zero-order valence-corrected chi connectivity index (χ0v) is 15.0. The molecule has 4 rings (SSSR count). The summed E-state index contributed by atoms with van der Waals surface area (Å²) in [6.45, 7) is 0. The van der Waals surface area contributed by atoms with Crippen LogP contribution in [0.5, 0.6) is 5.75 Å². The average Bonchev–Trinajstić information content (AvgIpc) is 3.18. The summed E-state index contributed by atoms with van der Waals surface area (Å²) in [5.41, 5.74) is 1.81. The van der Waals surface area contributed by atoms with Crippen LogP contribution in [0.1, 0.15) is 0 Å². The molecular formula is C16H10FIN4O3. The molecule has 25 heavy (non-hydrogen) atoms. The Hall–Kier alpha value is -2.69. The zero-order valence-electron chi connectivity index (χ0n) is 12.8. The third-order valence-corrected chi connectivity index (χ3v) is 4.51. The van der Waals surface area contributed by atoms with Crippen LogP contribution < -0.4 is 10.5 Å². The Morgan fingerprint density at radius 3 is 2.92 bits per heavy atom. The number of pyridine rings is 1. The first-order valence-electron chi connectivity index (χ1n) is 7.14. The van der Waals surface area contributed by atoms with Gasteiger partial charge in [-0.2, -0.15) is 0 Å². The zero-order chi connectivity index (χ0) is 17.6. The van der Waals surface area contributed by atoms with Gasteiger partial charge in [0.2, 0.25) is 0 Å². The lowest BCUT2D eigenvalue weighted by atomic mass is 10.2. The molecule has 0 fully saturated rings. The fraction of sp³-hybridized carbons (Fsp3) is 0.0625.